The van der Waals surface area contributed by atoms with Crippen molar-refractivity contribution in [3.63, 3.8) is 0 Å². The molecule has 19 heavy (non-hydrogen) atoms. The quantitative estimate of drug-likeness (QED) is 0.822. The molecular formula is C16H25NO2. The molecule has 1 heterocycles. The van der Waals surface area contributed by atoms with Crippen LogP contribution in [0.5, 0.6) is 11.6 Å². The topological polar surface area (TPSA) is 31.4 Å². The molecule has 0 radical (unpaired) electrons. The zero-order valence-corrected chi connectivity index (χ0v) is 12.9. The van der Waals surface area contributed by atoms with Crippen LogP contribution in [0.3, 0.4) is 0 Å². The van der Waals surface area contributed by atoms with Gasteiger partial charge < -0.3 is 9.47 Å². The summed E-state index contributed by atoms with van der Waals surface area (Å²) in [4.78, 5) is 4.66. The fourth-order valence-corrected chi connectivity index (χ4v) is 1.66. The molecule has 0 saturated heterocycles. The van der Waals surface area contributed by atoms with Gasteiger partial charge in [0.2, 0.25) is 0 Å². The Kier molecular flexibility index (Phi) is 3.50. The summed E-state index contributed by atoms with van der Waals surface area (Å²) in [6, 6.07) is 4.03. The van der Waals surface area contributed by atoms with Gasteiger partial charge >= 0.3 is 0 Å². The van der Waals surface area contributed by atoms with Gasteiger partial charge in [-0.2, -0.15) is 0 Å². The number of nitrogens with zero attached hydrogens (tertiary/aromatic N) is 1. The van der Waals surface area contributed by atoms with Crippen LogP contribution in [0.15, 0.2) is 12.1 Å². The fourth-order valence-electron chi connectivity index (χ4n) is 1.66. The van der Waals surface area contributed by atoms with Crippen molar-refractivity contribution in [2.75, 3.05) is 0 Å². The smallest absolute Gasteiger partial charge is 0.257 e. The summed E-state index contributed by atoms with van der Waals surface area (Å²) in [5.41, 5.74) is 0.758. The number of hydrogen-bond donors (Lipinski definition) is 0. The van der Waals surface area contributed by atoms with Crippen molar-refractivity contribution in [1.29, 1.82) is 0 Å². The van der Waals surface area contributed by atoms with Crippen molar-refractivity contribution in [1.82, 2.24) is 4.98 Å². The Morgan fingerprint density at radius 2 is 1.68 bits per heavy atom. The molecule has 0 spiro atoms. The highest BCUT2D eigenvalue weighted by Crippen LogP contribution is 2.35. The molecule has 1 aromatic heterocycles. The van der Waals surface area contributed by atoms with Gasteiger partial charge in [0.25, 0.3) is 5.88 Å². The SMILES string of the molecule is CC(C)(C)Oc1nc(C(C)(C)C)ccc1OC1CC1. The van der Waals surface area contributed by atoms with Crippen LogP contribution in [0.4, 0.5) is 0 Å². The number of pyridine rings is 1. The van der Waals surface area contributed by atoms with E-state index in [4.69, 9.17) is 9.47 Å². The van der Waals surface area contributed by atoms with Gasteiger partial charge in [-0.05, 0) is 45.7 Å². The lowest BCUT2D eigenvalue weighted by molar-refractivity contribution is 0.115. The molecule has 0 N–H and O–H groups in total. The zero-order valence-electron chi connectivity index (χ0n) is 12.9. The molecule has 2 rings (SSSR count). The third kappa shape index (κ3) is 4.12. The van der Waals surface area contributed by atoms with E-state index in [2.05, 4.69) is 25.8 Å². The van der Waals surface area contributed by atoms with Crippen LogP contribution >= 0.6 is 0 Å². The molecule has 1 aliphatic carbocycles. The van der Waals surface area contributed by atoms with Crippen LogP contribution < -0.4 is 9.47 Å². The first-order valence-corrected chi connectivity index (χ1v) is 7.02. The molecule has 0 unspecified atom stereocenters. The second-order valence-electron chi connectivity index (χ2n) is 7.28. The van der Waals surface area contributed by atoms with Crippen LogP contribution in [-0.4, -0.2) is 16.7 Å². The fraction of sp³-hybridized carbons (Fsp3) is 0.688. The van der Waals surface area contributed by atoms with E-state index < -0.39 is 0 Å². The van der Waals surface area contributed by atoms with Crippen LogP contribution in [-0.2, 0) is 5.41 Å². The maximum Gasteiger partial charge on any atom is 0.257 e. The van der Waals surface area contributed by atoms with Crippen molar-refractivity contribution >= 4 is 0 Å². The maximum absolute atomic E-state index is 5.96. The third-order valence-electron chi connectivity index (χ3n) is 2.81. The van der Waals surface area contributed by atoms with Gasteiger partial charge in [-0.1, -0.05) is 20.8 Å². The minimum Gasteiger partial charge on any atom is -0.485 e. The van der Waals surface area contributed by atoms with Gasteiger partial charge in [-0.25, -0.2) is 4.98 Å². The molecule has 0 bridgehead atoms. The predicted molar refractivity (Wildman–Crippen MR) is 77.0 cm³/mol. The lowest BCUT2D eigenvalue weighted by Gasteiger charge is -2.25. The zero-order chi connectivity index (χ0) is 14.3. The summed E-state index contributed by atoms with van der Waals surface area (Å²) in [6.07, 6.45) is 2.62. The third-order valence-corrected chi connectivity index (χ3v) is 2.81. The average molecular weight is 263 g/mol. The lowest BCUT2D eigenvalue weighted by atomic mass is 9.92. The van der Waals surface area contributed by atoms with Crippen molar-refractivity contribution in [2.24, 2.45) is 0 Å². The lowest BCUT2D eigenvalue weighted by Crippen LogP contribution is -2.25. The molecule has 0 aliphatic heterocycles. The normalized spacial score (nSPS) is 16.3. The minimum atomic E-state index is -0.273. The Hall–Kier alpha value is -1.25. The highest BCUT2D eigenvalue weighted by molar-refractivity contribution is 5.37. The van der Waals surface area contributed by atoms with E-state index in [1.807, 2.05) is 32.9 Å². The summed E-state index contributed by atoms with van der Waals surface area (Å²) >= 11 is 0. The second-order valence-corrected chi connectivity index (χ2v) is 7.28. The summed E-state index contributed by atoms with van der Waals surface area (Å²) in [5, 5.41) is 0. The van der Waals surface area contributed by atoms with Crippen molar-refractivity contribution in [2.45, 2.75) is 71.5 Å². The largest absolute Gasteiger partial charge is 0.485 e. The number of aromatic nitrogens is 1. The number of hydrogen-bond acceptors (Lipinski definition) is 3. The predicted octanol–water partition coefficient (Wildman–Crippen LogP) is 4.10. The minimum absolute atomic E-state index is 0.00804. The molecule has 106 valence electrons. The van der Waals surface area contributed by atoms with Crippen LogP contribution in [0.2, 0.25) is 0 Å². The first kappa shape index (κ1) is 14.2. The Morgan fingerprint density at radius 3 is 2.16 bits per heavy atom. The van der Waals surface area contributed by atoms with Gasteiger partial charge in [0, 0.05) is 5.41 Å². The second kappa shape index (κ2) is 4.69. The molecule has 1 saturated carbocycles. The molecular weight excluding hydrogens is 238 g/mol. The van der Waals surface area contributed by atoms with Crippen LogP contribution in [0.1, 0.15) is 60.1 Å². The first-order valence-electron chi connectivity index (χ1n) is 7.02. The van der Waals surface area contributed by atoms with E-state index in [0.717, 1.165) is 24.3 Å². The van der Waals surface area contributed by atoms with E-state index >= 15 is 0 Å². The average Bonchev–Trinajstić information content (AvgIpc) is 3.00. The van der Waals surface area contributed by atoms with E-state index in [9.17, 15) is 0 Å². The van der Waals surface area contributed by atoms with E-state index in [1.54, 1.807) is 0 Å². The molecule has 0 atom stereocenters. The molecule has 0 amide bonds. The van der Waals surface area contributed by atoms with Gasteiger partial charge in [0.1, 0.15) is 5.60 Å². The highest BCUT2D eigenvalue weighted by Gasteiger charge is 2.27. The van der Waals surface area contributed by atoms with Crippen molar-refractivity contribution < 1.29 is 9.47 Å². The van der Waals surface area contributed by atoms with Gasteiger partial charge in [-0.3, -0.25) is 0 Å². The Balaban J connectivity index is 2.31. The van der Waals surface area contributed by atoms with E-state index in [-0.39, 0.29) is 11.0 Å². The van der Waals surface area contributed by atoms with Gasteiger partial charge in [0.15, 0.2) is 5.75 Å². The molecule has 1 fully saturated rings. The van der Waals surface area contributed by atoms with Gasteiger partial charge in [0.05, 0.1) is 11.8 Å². The first-order chi connectivity index (χ1) is 8.65. The Bertz CT molecular complexity index is 451. The van der Waals surface area contributed by atoms with Gasteiger partial charge in [-0.15, -0.1) is 0 Å². The summed E-state index contributed by atoms with van der Waals surface area (Å²) in [6.45, 7) is 12.5. The van der Waals surface area contributed by atoms with Crippen LogP contribution in [0.25, 0.3) is 0 Å². The molecule has 1 aliphatic rings. The number of rotatable bonds is 3. The van der Waals surface area contributed by atoms with Crippen molar-refractivity contribution in [3.05, 3.63) is 17.8 Å². The number of ether oxygens (including phenoxy) is 2. The van der Waals surface area contributed by atoms with Crippen LogP contribution in [0, 0.1) is 0 Å². The summed E-state index contributed by atoms with van der Waals surface area (Å²) in [5.74, 6) is 1.39. The summed E-state index contributed by atoms with van der Waals surface area (Å²) in [7, 11) is 0. The molecule has 1 aromatic rings. The Morgan fingerprint density at radius 1 is 1.05 bits per heavy atom. The maximum atomic E-state index is 5.96. The van der Waals surface area contributed by atoms with E-state index in [0.29, 0.717) is 12.0 Å². The standard InChI is InChI=1S/C16H25NO2/c1-15(2,3)13-10-9-12(18-11-7-8-11)14(17-13)19-16(4,5)6/h9-11H,7-8H2,1-6H3. The highest BCUT2D eigenvalue weighted by atomic mass is 16.5. The molecule has 3 heteroatoms. The van der Waals surface area contributed by atoms with Crippen molar-refractivity contribution in [3.8, 4) is 11.6 Å². The summed E-state index contributed by atoms with van der Waals surface area (Å²) < 4.78 is 11.8. The molecule has 0 aromatic carbocycles. The Labute approximate surface area is 116 Å². The molecule has 3 nitrogen and oxygen atoms in total. The monoisotopic (exact) mass is 263 g/mol. The van der Waals surface area contributed by atoms with E-state index in [1.165, 1.54) is 0 Å².